The summed E-state index contributed by atoms with van der Waals surface area (Å²) in [5, 5.41) is 2.88. The van der Waals surface area contributed by atoms with Gasteiger partial charge in [-0.2, -0.15) is 0 Å². The number of hydrogen-bond donors (Lipinski definition) is 1. The van der Waals surface area contributed by atoms with Gasteiger partial charge in [0.15, 0.2) is 5.60 Å². The standard InChI is InChI=1S/C19H18INO3/c1-3-12-8-9-14-13(10-12)11-19(2,24-17(14)22)18(23)21-16-7-5-4-6-15(16)20/h4-10H,3,11H2,1-2H3,(H,21,23). The van der Waals surface area contributed by atoms with Crippen molar-refractivity contribution < 1.29 is 14.3 Å². The van der Waals surface area contributed by atoms with Crippen LogP contribution in [0.25, 0.3) is 0 Å². The summed E-state index contributed by atoms with van der Waals surface area (Å²) >= 11 is 2.16. The third-order valence-corrected chi connectivity index (χ3v) is 5.19. The number of hydrogen-bond acceptors (Lipinski definition) is 3. The first-order valence-corrected chi connectivity index (χ1v) is 8.92. The van der Waals surface area contributed by atoms with Gasteiger partial charge in [-0.05, 0) is 65.3 Å². The van der Waals surface area contributed by atoms with Gasteiger partial charge >= 0.3 is 5.97 Å². The molecule has 1 atom stereocenters. The van der Waals surface area contributed by atoms with Crippen LogP contribution in [-0.4, -0.2) is 17.5 Å². The summed E-state index contributed by atoms with van der Waals surface area (Å²) in [6.45, 7) is 3.73. The Kier molecular flexibility index (Phi) is 4.62. The number of carbonyl (C=O) groups excluding carboxylic acids is 2. The smallest absolute Gasteiger partial charge is 0.339 e. The van der Waals surface area contributed by atoms with Crippen molar-refractivity contribution in [1.82, 2.24) is 0 Å². The Morgan fingerprint density at radius 1 is 1.29 bits per heavy atom. The van der Waals surface area contributed by atoms with Crippen LogP contribution >= 0.6 is 22.6 Å². The Morgan fingerprint density at radius 3 is 2.75 bits per heavy atom. The van der Waals surface area contributed by atoms with E-state index in [1.165, 1.54) is 0 Å². The maximum absolute atomic E-state index is 12.8. The van der Waals surface area contributed by atoms with Crippen molar-refractivity contribution in [3.8, 4) is 0 Å². The Morgan fingerprint density at radius 2 is 2.04 bits per heavy atom. The molecule has 1 amide bonds. The van der Waals surface area contributed by atoms with E-state index in [0.29, 0.717) is 17.7 Å². The number of rotatable bonds is 3. The average molecular weight is 435 g/mol. The fourth-order valence-electron chi connectivity index (χ4n) is 2.82. The molecule has 1 aliphatic rings. The number of amides is 1. The first-order chi connectivity index (χ1) is 11.4. The van der Waals surface area contributed by atoms with Crippen LogP contribution in [-0.2, 0) is 22.4 Å². The van der Waals surface area contributed by atoms with Crippen LogP contribution in [0, 0.1) is 3.57 Å². The third-order valence-electron chi connectivity index (χ3n) is 4.25. The number of fused-ring (bicyclic) bond motifs is 1. The van der Waals surface area contributed by atoms with Gasteiger partial charge in [-0.25, -0.2) is 4.79 Å². The van der Waals surface area contributed by atoms with E-state index in [-0.39, 0.29) is 5.91 Å². The van der Waals surface area contributed by atoms with E-state index >= 15 is 0 Å². The monoisotopic (exact) mass is 435 g/mol. The van der Waals surface area contributed by atoms with Gasteiger partial charge in [0.25, 0.3) is 5.91 Å². The van der Waals surface area contributed by atoms with Crippen molar-refractivity contribution in [3.63, 3.8) is 0 Å². The molecule has 0 saturated heterocycles. The van der Waals surface area contributed by atoms with Gasteiger partial charge in [0.2, 0.25) is 0 Å². The second-order valence-electron chi connectivity index (χ2n) is 6.08. The first kappa shape index (κ1) is 17.0. The lowest BCUT2D eigenvalue weighted by Crippen LogP contribution is -2.49. The molecule has 1 heterocycles. The minimum absolute atomic E-state index is 0.312. The van der Waals surface area contributed by atoms with Crippen LogP contribution in [0.3, 0.4) is 0 Å². The summed E-state index contributed by atoms with van der Waals surface area (Å²) in [5.74, 6) is -0.758. The fraction of sp³-hybridized carbons (Fsp3) is 0.263. The SMILES string of the molecule is CCc1ccc2c(c1)CC(C)(C(=O)Nc1ccccc1I)OC2=O. The summed E-state index contributed by atoms with van der Waals surface area (Å²) in [6.07, 6.45) is 1.25. The van der Waals surface area contributed by atoms with Gasteiger partial charge in [-0.1, -0.05) is 31.2 Å². The van der Waals surface area contributed by atoms with Crippen LogP contribution in [0.2, 0.25) is 0 Å². The zero-order chi connectivity index (χ0) is 17.3. The quantitative estimate of drug-likeness (QED) is 0.587. The molecule has 1 aliphatic heterocycles. The van der Waals surface area contributed by atoms with Crippen molar-refractivity contribution in [1.29, 1.82) is 0 Å². The van der Waals surface area contributed by atoms with Crippen molar-refractivity contribution in [2.75, 3.05) is 5.32 Å². The first-order valence-electron chi connectivity index (χ1n) is 7.84. The number of para-hydroxylation sites is 1. The lowest BCUT2D eigenvalue weighted by Gasteiger charge is -2.33. The van der Waals surface area contributed by atoms with Crippen LogP contribution in [0.4, 0.5) is 5.69 Å². The number of esters is 1. The summed E-state index contributed by atoms with van der Waals surface area (Å²) in [4.78, 5) is 25.1. The fourth-order valence-corrected chi connectivity index (χ4v) is 3.34. The van der Waals surface area contributed by atoms with E-state index in [2.05, 4.69) is 34.8 Å². The molecule has 0 spiro atoms. The molecule has 24 heavy (non-hydrogen) atoms. The van der Waals surface area contributed by atoms with Gasteiger partial charge in [0, 0.05) is 9.99 Å². The summed E-state index contributed by atoms with van der Waals surface area (Å²) in [6, 6.07) is 13.2. The topological polar surface area (TPSA) is 55.4 Å². The van der Waals surface area contributed by atoms with Crippen LogP contribution in [0.5, 0.6) is 0 Å². The summed E-state index contributed by atoms with van der Waals surface area (Å²) in [5.41, 5.74) is 2.06. The van der Waals surface area contributed by atoms with Crippen molar-refractivity contribution in [2.45, 2.75) is 32.3 Å². The third kappa shape index (κ3) is 3.17. The van der Waals surface area contributed by atoms with Crippen molar-refractivity contribution in [3.05, 3.63) is 62.7 Å². The highest BCUT2D eigenvalue weighted by molar-refractivity contribution is 14.1. The number of nitrogens with one attached hydrogen (secondary N) is 1. The van der Waals surface area contributed by atoms with Crippen molar-refractivity contribution >= 4 is 40.2 Å². The minimum atomic E-state index is -1.21. The number of halogens is 1. The predicted molar refractivity (Wildman–Crippen MR) is 101 cm³/mol. The summed E-state index contributed by atoms with van der Waals surface area (Å²) in [7, 11) is 0. The molecule has 0 radical (unpaired) electrons. The molecule has 2 aromatic carbocycles. The molecule has 0 aliphatic carbocycles. The van der Waals surface area contributed by atoms with Crippen molar-refractivity contribution in [2.24, 2.45) is 0 Å². The molecule has 0 saturated carbocycles. The van der Waals surface area contributed by atoms with Gasteiger partial charge in [0.1, 0.15) is 0 Å². The molecular weight excluding hydrogens is 417 g/mol. The molecule has 3 rings (SSSR count). The number of carbonyl (C=O) groups is 2. The van der Waals surface area contributed by atoms with Crippen LogP contribution in [0.1, 0.15) is 35.3 Å². The zero-order valence-corrected chi connectivity index (χ0v) is 15.7. The van der Waals surface area contributed by atoms with Gasteiger partial charge in [-0.15, -0.1) is 0 Å². The van der Waals surface area contributed by atoms with Crippen LogP contribution in [0.15, 0.2) is 42.5 Å². The number of benzene rings is 2. The van der Waals surface area contributed by atoms with E-state index in [9.17, 15) is 9.59 Å². The largest absolute Gasteiger partial charge is 0.445 e. The molecule has 2 aromatic rings. The van der Waals surface area contributed by atoms with Gasteiger partial charge in [0.05, 0.1) is 11.3 Å². The minimum Gasteiger partial charge on any atom is -0.445 e. The molecular formula is C19H18INO3. The Bertz CT molecular complexity index is 818. The van der Waals surface area contributed by atoms with Gasteiger partial charge < -0.3 is 10.1 Å². The lowest BCUT2D eigenvalue weighted by molar-refractivity contribution is -0.134. The number of cyclic esters (lactones) is 1. The Hall–Kier alpha value is -1.89. The van der Waals surface area contributed by atoms with E-state index < -0.39 is 11.6 Å². The highest BCUT2D eigenvalue weighted by Crippen LogP contribution is 2.30. The van der Waals surface area contributed by atoms with E-state index in [0.717, 1.165) is 21.1 Å². The molecule has 0 fully saturated rings. The van der Waals surface area contributed by atoms with Crippen LogP contribution < -0.4 is 5.32 Å². The molecule has 5 heteroatoms. The number of ether oxygens (including phenoxy) is 1. The second kappa shape index (κ2) is 6.55. The predicted octanol–water partition coefficient (Wildman–Crippen LogP) is 3.96. The summed E-state index contributed by atoms with van der Waals surface area (Å²) < 4.78 is 6.43. The molecule has 1 unspecified atom stereocenters. The zero-order valence-electron chi connectivity index (χ0n) is 13.6. The molecule has 0 bridgehead atoms. The molecule has 0 aromatic heterocycles. The average Bonchev–Trinajstić information content (AvgIpc) is 2.56. The molecule has 124 valence electrons. The van der Waals surface area contributed by atoms with E-state index in [1.807, 2.05) is 36.4 Å². The Balaban J connectivity index is 1.89. The Labute approximate surface area is 154 Å². The lowest BCUT2D eigenvalue weighted by atomic mass is 9.88. The van der Waals surface area contributed by atoms with Gasteiger partial charge in [-0.3, -0.25) is 4.79 Å². The normalized spacial score (nSPS) is 19.4. The number of aryl methyl sites for hydroxylation is 1. The van der Waals surface area contributed by atoms with E-state index in [4.69, 9.17) is 4.74 Å². The van der Waals surface area contributed by atoms with E-state index in [1.54, 1.807) is 13.0 Å². The highest BCUT2D eigenvalue weighted by Gasteiger charge is 2.42. The maximum Gasteiger partial charge on any atom is 0.339 e. The maximum atomic E-state index is 12.8. The highest BCUT2D eigenvalue weighted by atomic mass is 127. The second-order valence-corrected chi connectivity index (χ2v) is 7.24. The molecule has 4 nitrogen and oxygen atoms in total. The number of anilines is 1. The molecule has 1 N–H and O–H groups in total.